The zero-order chi connectivity index (χ0) is 37.9. The molecule has 1 aliphatic rings. The molecule has 1 N–H and O–H groups in total. The molecule has 3 atom stereocenters. The van der Waals surface area contributed by atoms with Crippen molar-refractivity contribution in [2.24, 2.45) is 0 Å². The van der Waals surface area contributed by atoms with E-state index in [1.54, 1.807) is 11.1 Å². The molecule has 282 valence electrons. The molecule has 0 aromatic carbocycles. The monoisotopic (exact) mass is 713 g/mol. The highest BCUT2D eigenvalue weighted by Gasteiger charge is 2.42. The van der Waals surface area contributed by atoms with Crippen LogP contribution in [-0.2, 0) is 25.9 Å². The maximum Gasteiger partial charge on any atom is 0.420 e. The Balaban J connectivity index is 1.86. The van der Waals surface area contributed by atoms with Gasteiger partial charge in [-0.25, -0.2) is 19.2 Å². The molecule has 10 nitrogen and oxygen atoms in total. The van der Waals surface area contributed by atoms with E-state index in [0.29, 0.717) is 11.5 Å². The van der Waals surface area contributed by atoms with Gasteiger partial charge in [-0.2, -0.15) is 5.10 Å². The summed E-state index contributed by atoms with van der Waals surface area (Å²) in [6.07, 6.45) is 7.38. The van der Waals surface area contributed by atoms with Gasteiger partial charge in [0.05, 0.1) is 16.9 Å². The van der Waals surface area contributed by atoms with E-state index < -0.39 is 37.2 Å². The summed E-state index contributed by atoms with van der Waals surface area (Å²) in [5.41, 5.74) is 0.930. The Kier molecular flexibility index (Phi) is 13.1. The number of ether oxygens (including phenoxy) is 2. The lowest BCUT2D eigenvalue weighted by atomic mass is 10.0. The minimum atomic E-state index is -1.90. The third-order valence-electron chi connectivity index (χ3n) is 9.36. The van der Waals surface area contributed by atoms with Gasteiger partial charge in [0.15, 0.2) is 8.32 Å². The number of hydrogen-bond donors (Lipinski definition) is 1. The summed E-state index contributed by atoms with van der Waals surface area (Å²) in [6, 6.07) is 5.91. The summed E-state index contributed by atoms with van der Waals surface area (Å²) < 4.78 is 20.2. The minimum absolute atomic E-state index is 0.00699. The number of nitrogens with one attached hydrogen (secondary N) is 1. The Morgan fingerprint density at radius 2 is 1.60 bits per heavy atom. The molecular weight excluding hydrogens is 647 g/mol. The molecule has 2 aromatic rings. The Hall–Kier alpha value is -2.92. The second-order valence-corrected chi connectivity index (χ2v) is 23.4. The van der Waals surface area contributed by atoms with Crippen molar-refractivity contribution in [3.8, 4) is 0 Å². The van der Waals surface area contributed by atoms with Gasteiger partial charge in [-0.15, -0.1) is 0 Å². The van der Waals surface area contributed by atoms with Crippen LogP contribution in [0.2, 0.25) is 18.1 Å². The van der Waals surface area contributed by atoms with Gasteiger partial charge in [0.1, 0.15) is 17.0 Å². The van der Waals surface area contributed by atoms with E-state index in [9.17, 15) is 9.59 Å². The molecule has 1 aliphatic carbocycles. The van der Waals surface area contributed by atoms with Crippen molar-refractivity contribution in [2.45, 2.75) is 188 Å². The summed E-state index contributed by atoms with van der Waals surface area (Å²) in [4.78, 5) is 32.5. The van der Waals surface area contributed by atoms with Crippen LogP contribution in [0.1, 0.15) is 146 Å². The average molecular weight is 714 g/mol. The standard InChI is InChI=1S/C39H67N5O5Si/c1-27(41-34(45)47-37(5,6)7)18-16-17-19-29-25-30(22-23-40-29)43(35(46)48-38(8,9)10)33-26-32(42-44(33)36(2,3)4)28-20-21-31(24-28)49-50(14,15)39(11,12)13/h22-23,25-28,31H,16-21,24H2,1-15H3,(H,41,45)/t27-,28-,31+/m0/s1. The van der Waals surface area contributed by atoms with Crippen molar-refractivity contribution in [2.75, 3.05) is 4.90 Å². The zero-order valence-corrected chi connectivity index (χ0v) is 34.8. The Labute approximate surface area is 303 Å². The number of amides is 2. The molecule has 0 spiro atoms. The van der Waals surface area contributed by atoms with E-state index in [-0.39, 0.29) is 23.1 Å². The van der Waals surface area contributed by atoms with Gasteiger partial charge in [-0.1, -0.05) is 27.2 Å². The number of unbranched alkanes of at least 4 members (excludes halogenated alkanes) is 1. The van der Waals surface area contributed by atoms with Crippen molar-refractivity contribution < 1.29 is 23.5 Å². The number of pyridine rings is 1. The highest BCUT2D eigenvalue weighted by atomic mass is 28.4. The van der Waals surface area contributed by atoms with E-state index in [1.165, 1.54) is 0 Å². The van der Waals surface area contributed by atoms with Gasteiger partial charge in [0, 0.05) is 36.0 Å². The number of anilines is 2. The number of rotatable bonds is 11. The topological polar surface area (TPSA) is 108 Å². The second kappa shape index (κ2) is 15.8. The maximum atomic E-state index is 14.1. The van der Waals surface area contributed by atoms with Gasteiger partial charge < -0.3 is 19.2 Å². The fraction of sp³-hybridized carbons (Fsp3) is 0.744. The lowest BCUT2D eigenvalue weighted by Gasteiger charge is -2.38. The van der Waals surface area contributed by atoms with Crippen LogP contribution in [-0.4, -0.2) is 58.6 Å². The predicted molar refractivity (Wildman–Crippen MR) is 205 cm³/mol. The minimum Gasteiger partial charge on any atom is -0.444 e. The molecule has 50 heavy (non-hydrogen) atoms. The van der Waals surface area contributed by atoms with Crippen molar-refractivity contribution in [1.82, 2.24) is 20.1 Å². The summed E-state index contributed by atoms with van der Waals surface area (Å²) in [5.74, 6) is 0.919. The summed E-state index contributed by atoms with van der Waals surface area (Å²) in [7, 11) is -1.90. The van der Waals surface area contributed by atoms with E-state index >= 15 is 0 Å². The van der Waals surface area contributed by atoms with Crippen molar-refractivity contribution in [3.05, 3.63) is 35.8 Å². The van der Waals surface area contributed by atoms with Crippen LogP contribution >= 0.6 is 0 Å². The Morgan fingerprint density at radius 3 is 2.18 bits per heavy atom. The predicted octanol–water partition coefficient (Wildman–Crippen LogP) is 10.4. The number of nitrogens with zero attached hydrogens (tertiary/aromatic N) is 4. The molecule has 0 saturated heterocycles. The van der Waals surface area contributed by atoms with Crippen molar-refractivity contribution >= 4 is 32.0 Å². The zero-order valence-electron chi connectivity index (χ0n) is 33.8. The molecule has 0 bridgehead atoms. The second-order valence-electron chi connectivity index (χ2n) is 18.6. The fourth-order valence-electron chi connectivity index (χ4n) is 5.87. The molecule has 1 fully saturated rings. The third-order valence-corrected chi connectivity index (χ3v) is 13.9. The summed E-state index contributed by atoms with van der Waals surface area (Å²) in [5, 5.41) is 8.25. The molecule has 3 rings (SSSR count). The molecule has 0 radical (unpaired) electrons. The SMILES string of the molecule is C[C@@H](CCCCc1cc(N(C(=O)OC(C)(C)C)c2cc([C@H]3CC[C@@H](O[Si](C)(C)C(C)(C)C)C3)nn2C(C)(C)C)ccn1)NC(=O)OC(C)(C)C. The van der Waals surface area contributed by atoms with Crippen LogP contribution in [0.25, 0.3) is 0 Å². The molecule has 2 heterocycles. The maximum absolute atomic E-state index is 14.1. The largest absolute Gasteiger partial charge is 0.444 e. The van der Waals surface area contributed by atoms with Gasteiger partial charge in [-0.3, -0.25) is 4.98 Å². The number of hydrogen-bond acceptors (Lipinski definition) is 7. The van der Waals surface area contributed by atoms with Gasteiger partial charge in [0.2, 0.25) is 0 Å². The average Bonchev–Trinajstić information content (AvgIpc) is 3.56. The molecular formula is C39H67N5O5Si. The first-order chi connectivity index (χ1) is 22.8. The van der Waals surface area contributed by atoms with Crippen molar-refractivity contribution in [3.63, 3.8) is 0 Å². The van der Waals surface area contributed by atoms with Crippen molar-refractivity contribution in [1.29, 1.82) is 0 Å². The number of aromatic nitrogens is 3. The van der Waals surface area contributed by atoms with Gasteiger partial charge >= 0.3 is 12.2 Å². The number of carbonyl (C=O) groups is 2. The third kappa shape index (κ3) is 12.1. The van der Waals surface area contributed by atoms with Crippen LogP contribution in [0, 0.1) is 0 Å². The van der Waals surface area contributed by atoms with Crippen LogP contribution < -0.4 is 10.2 Å². The Morgan fingerprint density at radius 1 is 0.960 bits per heavy atom. The first kappa shape index (κ1) is 41.5. The van der Waals surface area contributed by atoms with Crippen LogP contribution in [0.15, 0.2) is 24.4 Å². The first-order valence-corrected chi connectivity index (χ1v) is 21.4. The lowest BCUT2D eigenvalue weighted by Crippen LogP contribution is -2.43. The number of aryl methyl sites for hydroxylation is 1. The van der Waals surface area contributed by atoms with Crippen LogP contribution in [0.5, 0.6) is 0 Å². The molecule has 2 amide bonds. The summed E-state index contributed by atoms with van der Waals surface area (Å²) in [6.45, 7) is 31.0. The van der Waals surface area contributed by atoms with E-state index in [0.717, 1.165) is 56.3 Å². The van der Waals surface area contributed by atoms with E-state index in [4.69, 9.17) is 19.0 Å². The highest BCUT2D eigenvalue weighted by Crippen LogP contribution is 2.44. The molecule has 0 unspecified atom stereocenters. The summed E-state index contributed by atoms with van der Waals surface area (Å²) >= 11 is 0. The van der Waals surface area contributed by atoms with Gasteiger partial charge in [-0.05, 0) is 138 Å². The molecule has 0 aliphatic heterocycles. The molecule has 1 saturated carbocycles. The van der Waals surface area contributed by atoms with Crippen LogP contribution in [0.4, 0.5) is 21.1 Å². The van der Waals surface area contributed by atoms with E-state index in [2.05, 4.69) is 71.0 Å². The molecule has 2 aromatic heterocycles. The van der Waals surface area contributed by atoms with E-state index in [1.807, 2.05) is 65.3 Å². The number of carbonyl (C=O) groups excluding carboxylic acids is 2. The number of alkyl carbamates (subject to hydrolysis) is 1. The normalized spacial score (nSPS) is 18.1. The lowest BCUT2D eigenvalue weighted by molar-refractivity contribution is 0.0504. The Bertz CT molecular complexity index is 1440. The quantitative estimate of drug-likeness (QED) is 0.182. The molecule has 11 heteroatoms. The first-order valence-electron chi connectivity index (χ1n) is 18.5. The fourth-order valence-corrected chi connectivity index (χ4v) is 7.27. The smallest absolute Gasteiger partial charge is 0.420 e. The van der Waals surface area contributed by atoms with Gasteiger partial charge in [0.25, 0.3) is 0 Å². The highest BCUT2D eigenvalue weighted by molar-refractivity contribution is 6.74. The van der Waals surface area contributed by atoms with Crippen LogP contribution in [0.3, 0.4) is 0 Å².